The lowest BCUT2D eigenvalue weighted by Gasteiger charge is -2.38. The van der Waals surface area contributed by atoms with E-state index in [0.717, 1.165) is 31.9 Å². The van der Waals surface area contributed by atoms with Crippen LogP contribution >= 0.6 is 0 Å². The molecule has 2 aliphatic rings. The molecule has 2 heterocycles. The third-order valence-electron chi connectivity index (χ3n) is 3.92. The molecule has 0 unspecified atom stereocenters. The van der Waals surface area contributed by atoms with Crippen LogP contribution in [0.3, 0.4) is 0 Å². The summed E-state index contributed by atoms with van der Waals surface area (Å²) in [6.45, 7) is 2.61. The highest BCUT2D eigenvalue weighted by Gasteiger charge is 2.34. The molecule has 24 heavy (non-hydrogen) atoms. The second kappa shape index (κ2) is 8.47. The van der Waals surface area contributed by atoms with Crippen LogP contribution in [-0.4, -0.2) is 59.9 Å². The van der Waals surface area contributed by atoms with Gasteiger partial charge in [-0.25, -0.2) is 9.59 Å². The van der Waals surface area contributed by atoms with E-state index in [0.29, 0.717) is 18.2 Å². The van der Waals surface area contributed by atoms with E-state index < -0.39 is 11.9 Å². The van der Waals surface area contributed by atoms with E-state index in [9.17, 15) is 9.59 Å². The van der Waals surface area contributed by atoms with E-state index in [1.165, 1.54) is 5.56 Å². The molecule has 2 aliphatic heterocycles. The number of para-hydroxylation sites is 1. The zero-order valence-electron chi connectivity index (χ0n) is 13.4. The van der Waals surface area contributed by atoms with Crippen molar-refractivity contribution in [2.45, 2.75) is 18.6 Å². The number of fused-ring (bicyclic) bond motifs is 3. The molecular formula is C17H21NO6. The first kappa shape index (κ1) is 18.0. The SMILES string of the molecule is CN1CCO[C@H]2c3ccccc3OCC[C@@H]21.O=C(O)C=CC(=O)O. The molecule has 1 aromatic carbocycles. The lowest BCUT2D eigenvalue weighted by molar-refractivity contribution is -0.134. The van der Waals surface area contributed by atoms with E-state index in [2.05, 4.69) is 24.1 Å². The van der Waals surface area contributed by atoms with Crippen LogP contribution in [0.1, 0.15) is 18.1 Å². The third kappa shape index (κ3) is 4.81. The van der Waals surface area contributed by atoms with Gasteiger partial charge in [-0.05, 0) is 19.5 Å². The van der Waals surface area contributed by atoms with Gasteiger partial charge < -0.3 is 19.7 Å². The molecule has 0 radical (unpaired) electrons. The quantitative estimate of drug-likeness (QED) is 0.792. The Hall–Kier alpha value is -2.38. The van der Waals surface area contributed by atoms with E-state index in [1.807, 2.05) is 12.1 Å². The lowest BCUT2D eigenvalue weighted by atomic mass is 9.97. The summed E-state index contributed by atoms with van der Waals surface area (Å²) in [6.07, 6.45) is 2.33. The number of carboxylic acid groups (broad SMARTS) is 2. The highest BCUT2D eigenvalue weighted by Crippen LogP contribution is 2.37. The lowest BCUT2D eigenvalue weighted by Crippen LogP contribution is -2.44. The van der Waals surface area contributed by atoms with Gasteiger partial charge in [-0.2, -0.15) is 0 Å². The van der Waals surface area contributed by atoms with E-state index >= 15 is 0 Å². The fourth-order valence-corrected chi connectivity index (χ4v) is 2.78. The Kier molecular flexibility index (Phi) is 6.34. The average molecular weight is 335 g/mol. The van der Waals surface area contributed by atoms with Crippen LogP contribution in [0, 0.1) is 0 Å². The molecule has 0 aliphatic carbocycles. The van der Waals surface area contributed by atoms with Crippen LogP contribution in [-0.2, 0) is 14.3 Å². The molecule has 2 N–H and O–H groups in total. The Labute approximate surface area is 140 Å². The predicted octanol–water partition coefficient (Wildman–Crippen LogP) is 1.55. The van der Waals surface area contributed by atoms with Crippen molar-refractivity contribution in [1.29, 1.82) is 0 Å². The first-order valence-electron chi connectivity index (χ1n) is 7.66. The summed E-state index contributed by atoms with van der Waals surface area (Å²) >= 11 is 0. The number of ether oxygens (including phenoxy) is 2. The monoisotopic (exact) mass is 335 g/mol. The van der Waals surface area contributed by atoms with Gasteiger partial charge in [0.2, 0.25) is 0 Å². The van der Waals surface area contributed by atoms with Gasteiger partial charge in [0, 0.05) is 30.3 Å². The van der Waals surface area contributed by atoms with Crippen molar-refractivity contribution in [3.8, 4) is 5.75 Å². The Bertz CT molecular complexity index is 599. The Balaban J connectivity index is 0.000000224. The van der Waals surface area contributed by atoms with E-state index in [4.69, 9.17) is 19.7 Å². The molecule has 2 atom stereocenters. The van der Waals surface area contributed by atoms with Crippen molar-refractivity contribution in [2.75, 3.05) is 26.8 Å². The van der Waals surface area contributed by atoms with Crippen molar-refractivity contribution in [3.63, 3.8) is 0 Å². The Morgan fingerprint density at radius 2 is 1.83 bits per heavy atom. The maximum atomic E-state index is 9.55. The molecule has 7 nitrogen and oxygen atoms in total. The van der Waals surface area contributed by atoms with E-state index in [-0.39, 0.29) is 6.10 Å². The topological polar surface area (TPSA) is 96.3 Å². The minimum atomic E-state index is -1.26. The molecule has 7 heteroatoms. The van der Waals surface area contributed by atoms with Crippen LogP contribution in [0.25, 0.3) is 0 Å². The summed E-state index contributed by atoms with van der Waals surface area (Å²) in [5.74, 6) is -1.52. The number of aliphatic carboxylic acids is 2. The van der Waals surface area contributed by atoms with Crippen molar-refractivity contribution in [3.05, 3.63) is 42.0 Å². The number of hydrogen-bond donors (Lipinski definition) is 2. The van der Waals surface area contributed by atoms with Gasteiger partial charge in [-0.1, -0.05) is 18.2 Å². The number of benzene rings is 1. The minimum absolute atomic E-state index is 0.178. The smallest absolute Gasteiger partial charge is 0.328 e. The molecule has 1 aromatic rings. The number of carbonyl (C=O) groups is 2. The van der Waals surface area contributed by atoms with Gasteiger partial charge in [-0.3, -0.25) is 4.90 Å². The van der Waals surface area contributed by atoms with Crippen LogP contribution in [0.4, 0.5) is 0 Å². The first-order valence-corrected chi connectivity index (χ1v) is 7.66. The summed E-state index contributed by atoms with van der Waals surface area (Å²) in [7, 11) is 2.17. The van der Waals surface area contributed by atoms with Gasteiger partial charge in [0.05, 0.1) is 13.2 Å². The summed E-state index contributed by atoms with van der Waals surface area (Å²) in [5.41, 5.74) is 1.21. The molecule has 1 fully saturated rings. The van der Waals surface area contributed by atoms with Gasteiger partial charge in [0.15, 0.2) is 0 Å². The number of morpholine rings is 1. The highest BCUT2D eigenvalue weighted by atomic mass is 16.5. The van der Waals surface area contributed by atoms with Crippen LogP contribution in [0.5, 0.6) is 5.75 Å². The van der Waals surface area contributed by atoms with Crippen molar-refractivity contribution in [2.24, 2.45) is 0 Å². The predicted molar refractivity (Wildman–Crippen MR) is 86.1 cm³/mol. The second-order valence-corrected chi connectivity index (χ2v) is 5.52. The van der Waals surface area contributed by atoms with E-state index in [1.54, 1.807) is 0 Å². The molecule has 130 valence electrons. The molecular weight excluding hydrogens is 314 g/mol. The van der Waals surface area contributed by atoms with Crippen LogP contribution in [0.15, 0.2) is 36.4 Å². The van der Waals surface area contributed by atoms with Crippen molar-refractivity contribution < 1.29 is 29.3 Å². The minimum Gasteiger partial charge on any atom is -0.493 e. The fourth-order valence-electron chi connectivity index (χ4n) is 2.78. The van der Waals surface area contributed by atoms with Gasteiger partial charge in [0.1, 0.15) is 11.9 Å². The van der Waals surface area contributed by atoms with Gasteiger partial charge in [0.25, 0.3) is 0 Å². The number of carboxylic acids is 2. The maximum absolute atomic E-state index is 9.55. The third-order valence-corrected chi connectivity index (χ3v) is 3.92. The normalized spacial score (nSPS) is 23.0. The maximum Gasteiger partial charge on any atom is 0.328 e. The summed E-state index contributed by atoms with van der Waals surface area (Å²) in [6, 6.07) is 8.69. The number of hydrogen-bond acceptors (Lipinski definition) is 5. The average Bonchev–Trinajstić information content (AvgIpc) is 2.74. The Morgan fingerprint density at radius 3 is 2.50 bits per heavy atom. The summed E-state index contributed by atoms with van der Waals surface area (Å²) < 4.78 is 11.7. The number of rotatable bonds is 2. The number of nitrogens with zero attached hydrogens (tertiary/aromatic N) is 1. The Morgan fingerprint density at radius 1 is 1.17 bits per heavy atom. The van der Waals surface area contributed by atoms with Crippen LogP contribution < -0.4 is 4.74 Å². The largest absolute Gasteiger partial charge is 0.493 e. The van der Waals surface area contributed by atoms with Gasteiger partial charge in [-0.15, -0.1) is 0 Å². The molecule has 0 saturated carbocycles. The van der Waals surface area contributed by atoms with Crippen LogP contribution in [0.2, 0.25) is 0 Å². The highest BCUT2D eigenvalue weighted by molar-refractivity contribution is 5.89. The second-order valence-electron chi connectivity index (χ2n) is 5.52. The summed E-state index contributed by atoms with van der Waals surface area (Å²) in [5, 5.41) is 15.6. The number of likely N-dealkylation sites (N-methyl/N-ethyl adjacent to an activating group) is 1. The standard InChI is InChI=1S/C13H17NO2.C4H4O4/c1-14-7-9-16-13-10-4-2-3-5-12(10)15-8-6-11(13)14;5-3(6)1-2-4(7)8/h2-5,11,13H,6-9H2,1H3;1-2H,(H,5,6)(H,7,8)/t11-,13-;/m0./s1. The van der Waals surface area contributed by atoms with Crippen molar-refractivity contribution in [1.82, 2.24) is 4.90 Å². The fraction of sp³-hybridized carbons (Fsp3) is 0.412. The molecule has 1 saturated heterocycles. The van der Waals surface area contributed by atoms with Gasteiger partial charge >= 0.3 is 11.9 Å². The zero-order chi connectivity index (χ0) is 17.5. The van der Waals surface area contributed by atoms with Crippen molar-refractivity contribution >= 4 is 11.9 Å². The molecule has 0 spiro atoms. The zero-order valence-corrected chi connectivity index (χ0v) is 13.4. The molecule has 3 rings (SSSR count). The summed E-state index contributed by atoms with van der Waals surface area (Å²) in [4.78, 5) is 21.5. The molecule has 0 aromatic heterocycles. The first-order chi connectivity index (χ1) is 11.5. The molecule has 0 bridgehead atoms. The molecule has 0 amide bonds.